The van der Waals surface area contributed by atoms with E-state index in [1.807, 2.05) is 0 Å². The molecular formula is C8H12ClN5O2S2. The molecule has 0 aliphatic heterocycles. The normalized spacial score (nSPS) is 11.3. The molecule has 1 rings (SSSR count). The van der Waals surface area contributed by atoms with Gasteiger partial charge in [-0.25, -0.2) is 4.98 Å². The number of nitrogens with zero attached hydrogens (tertiary/aromatic N) is 3. The van der Waals surface area contributed by atoms with Gasteiger partial charge in [-0.3, -0.25) is 10.1 Å². The molecule has 2 N–H and O–H groups in total. The second-order valence-electron chi connectivity index (χ2n) is 3.02. The van der Waals surface area contributed by atoms with Crippen LogP contribution in [-0.4, -0.2) is 33.6 Å². The number of nitrogens with one attached hydrogen (secondary N) is 2. The lowest BCUT2D eigenvalue weighted by Crippen LogP contribution is -2.26. The van der Waals surface area contributed by atoms with Crippen molar-refractivity contribution >= 4 is 34.9 Å². The lowest BCUT2D eigenvalue weighted by Gasteiger charge is -2.06. The van der Waals surface area contributed by atoms with Crippen molar-refractivity contribution in [3.8, 4) is 0 Å². The quantitative estimate of drug-likeness (QED) is 0.425. The Balaban J connectivity index is 2.16. The van der Waals surface area contributed by atoms with Crippen molar-refractivity contribution in [2.45, 2.75) is 5.75 Å². The predicted molar refractivity (Wildman–Crippen MR) is 73.2 cm³/mol. The summed E-state index contributed by atoms with van der Waals surface area (Å²) in [6.07, 6.45) is 0.895. The number of aromatic nitrogens is 2. The van der Waals surface area contributed by atoms with E-state index in [-0.39, 0.29) is 0 Å². The molecule has 0 saturated heterocycles. The largest absolute Gasteiger partial charge is 0.370 e. The third-order valence-electron chi connectivity index (χ3n) is 1.74. The van der Waals surface area contributed by atoms with Crippen molar-refractivity contribution < 1.29 is 4.92 Å². The van der Waals surface area contributed by atoms with Crippen LogP contribution in [0.3, 0.4) is 0 Å². The summed E-state index contributed by atoms with van der Waals surface area (Å²) in [7, 11) is 1.62. The first kappa shape index (κ1) is 15.0. The van der Waals surface area contributed by atoms with Gasteiger partial charge in [0.2, 0.25) is 4.47 Å². The van der Waals surface area contributed by atoms with Gasteiger partial charge in [0.05, 0.1) is 10.7 Å². The van der Waals surface area contributed by atoms with Crippen LogP contribution in [0.2, 0.25) is 4.47 Å². The third kappa shape index (κ3) is 6.03. The maximum atomic E-state index is 10.3. The van der Waals surface area contributed by atoms with E-state index in [0.29, 0.717) is 28.4 Å². The first-order valence-electron chi connectivity index (χ1n) is 4.94. The molecule has 0 fully saturated rings. The van der Waals surface area contributed by atoms with Crippen LogP contribution < -0.4 is 10.6 Å². The van der Waals surface area contributed by atoms with Gasteiger partial charge in [0.25, 0.3) is 6.20 Å². The molecule has 0 amide bonds. The fourth-order valence-electron chi connectivity index (χ4n) is 1.02. The van der Waals surface area contributed by atoms with Gasteiger partial charge in [-0.2, -0.15) is 16.1 Å². The number of hydrogen-bond donors (Lipinski definition) is 2. The first-order chi connectivity index (χ1) is 8.61. The monoisotopic (exact) mass is 309 g/mol. The molecule has 0 bridgehead atoms. The molecule has 0 aliphatic rings. The maximum absolute atomic E-state index is 10.3. The zero-order chi connectivity index (χ0) is 13.4. The van der Waals surface area contributed by atoms with Crippen LogP contribution in [-0.2, 0) is 5.75 Å². The number of nitro groups is 1. The topological polar surface area (TPSA) is 93.0 Å². The van der Waals surface area contributed by atoms with Crippen LogP contribution in [0.1, 0.15) is 5.82 Å². The Hall–Kier alpha value is -1.06. The highest BCUT2D eigenvalue weighted by molar-refractivity contribution is 7.98. The zero-order valence-electron chi connectivity index (χ0n) is 9.55. The van der Waals surface area contributed by atoms with Crippen molar-refractivity contribution in [1.29, 1.82) is 0 Å². The second-order valence-corrected chi connectivity index (χ2v) is 5.46. The van der Waals surface area contributed by atoms with Gasteiger partial charge in [0.1, 0.15) is 0 Å². The highest BCUT2D eigenvalue weighted by Gasteiger charge is 2.02. The Morgan fingerprint density at radius 1 is 1.72 bits per heavy atom. The Morgan fingerprint density at radius 3 is 3.06 bits per heavy atom. The molecule has 0 aliphatic carbocycles. The Kier molecular flexibility index (Phi) is 6.76. The highest BCUT2D eigenvalue weighted by Crippen LogP contribution is 2.15. The van der Waals surface area contributed by atoms with E-state index in [1.165, 1.54) is 0 Å². The van der Waals surface area contributed by atoms with Crippen molar-refractivity contribution in [3.05, 3.63) is 32.4 Å². The number of rotatable bonds is 8. The third-order valence-corrected chi connectivity index (χ3v) is 3.53. The Bertz CT molecular complexity index is 425. The highest BCUT2D eigenvalue weighted by atomic mass is 35.5. The number of thioether (sulfide) groups is 1. The van der Waals surface area contributed by atoms with Crippen molar-refractivity contribution in [2.75, 3.05) is 19.3 Å². The second kappa shape index (κ2) is 8.11. The first-order valence-corrected chi connectivity index (χ1v) is 7.25. The molecule has 0 atom stereocenters. The summed E-state index contributed by atoms with van der Waals surface area (Å²) in [6, 6.07) is 0. The summed E-state index contributed by atoms with van der Waals surface area (Å²) in [5.41, 5.74) is 0. The van der Waals surface area contributed by atoms with Crippen LogP contribution >= 0.6 is 34.9 Å². The predicted octanol–water partition coefficient (Wildman–Crippen LogP) is 1.31. The molecule has 0 saturated carbocycles. The van der Waals surface area contributed by atoms with E-state index >= 15 is 0 Å². The van der Waals surface area contributed by atoms with Gasteiger partial charge in [-0.05, 0) is 23.1 Å². The molecule has 18 heavy (non-hydrogen) atoms. The van der Waals surface area contributed by atoms with Gasteiger partial charge in [-0.15, -0.1) is 0 Å². The summed E-state index contributed by atoms with van der Waals surface area (Å²) < 4.78 is 4.49. The van der Waals surface area contributed by atoms with Crippen molar-refractivity contribution in [1.82, 2.24) is 20.0 Å². The smallest absolute Gasteiger partial charge is 0.274 e. The van der Waals surface area contributed by atoms with Crippen LogP contribution in [0, 0.1) is 10.1 Å². The maximum Gasteiger partial charge on any atom is 0.274 e. The lowest BCUT2D eigenvalue weighted by molar-refractivity contribution is -0.404. The minimum absolute atomic E-state index is 0.385. The summed E-state index contributed by atoms with van der Waals surface area (Å²) in [4.78, 5) is 13.8. The minimum atomic E-state index is -0.507. The molecule has 0 radical (unpaired) electrons. The molecule has 1 aromatic heterocycles. The lowest BCUT2D eigenvalue weighted by atomic mass is 10.6. The number of halogens is 1. The molecule has 1 heterocycles. The molecule has 1 aromatic rings. The van der Waals surface area contributed by atoms with Crippen molar-refractivity contribution in [3.63, 3.8) is 0 Å². The minimum Gasteiger partial charge on any atom is -0.370 e. The average molecular weight is 310 g/mol. The van der Waals surface area contributed by atoms with Gasteiger partial charge in [0, 0.05) is 19.3 Å². The van der Waals surface area contributed by atoms with E-state index in [4.69, 9.17) is 11.6 Å². The van der Waals surface area contributed by atoms with Gasteiger partial charge in [0.15, 0.2) is 11.6 Å². The Morgan fingerprint density at radius 2 is 2.50 bits per heavy atom. The number of hydrogen-bond acceptors (Lipinski definition) is 8. The fourth-order valence-corrected chi connectivity index (χ4v) is 2.43. The van der Waals surface area contributed by atoms with Crippen LogP contribution in [0.4, 0.5) is 0 Å². The SMILES string of the molecule is CNC(=C[N+](=O)[O-])NCCSCc1nsc(Cl)n1. The standard InChI is InChI=1S/C8H12ClN5O2S2/c1-10-6(4-14(15)16)11-2-3-17-5-7-12-8(9)18-13-7/h4,10-11H,2-3,5H2,1H3. The molecule has 7 nitrogen and oxygen atoms in total. The van der Waals surface area contributed by atoms with E-state index in [1.54, 1.807) is 18.8 Å². The molecule has 0 unspecified atom stereocenters. The molecule has 0 aromatic carbocycles. The molecule has 10 heteroatoms. The molecule has 100 valence electrons. The van der Waals surface area contributed by atoms with Gasteiger partial charge >= 0.3 is 0 Å². The average Bonchev–Trinajstić information content (AvgIpc) is 2.72. The van der Waals surface area contributed by atoms with E-state index < -0.39 is 4.92 Å². The Labute approximate surface area is 117 Å². The van der Waals surface area contributed by atoms with Gasteiger partial charge < -0.3 is 10.6 Å². The van der Waals surface area contributed by atoms with Crippen LogP contribution in [0.25, 0.3) is 0 Å². The molecule has 0 spiro atoms. The summed E-state index contributed by atoms with van der Waals surface area (Å²) in [5.74, 6) is 2.56. The molecular weight excluding hydrogens is 298 g/mol. The fraction of sp³-hybridized carbons (Fsp3) is 0.500. The van der Waals surface area contributed by atoms with E-state index in [2.05, 4.69) is 20.0 Å². The van der Waals surface area contributed by atoms with Gasteiger partial charge in [-0.1, -0.05) is 0 Å². The van der Waals surface area contributed by atoms with E-state index in [0.717, 1.165) is 23.5 Å². The van der Waals surface area contributed by atoms with Crippen LogP contribution in [0.15, 0.2) is 12.0 Å². The van der Waals surface area contributed by atoms with Crippen LogP contribution in [0.5, 0.6) is 0 Å². The zero-order valence-corrected chi connectivity index (χ0v) is 11.9. The summed E-state index contributed by atoms with van der Waals surface area (Å²) in [5, 5.41) is 15.9. The van der Waals surface area contributed by atoms with Crippen molar-refractivity contribution in [2.24, 2.45) is 0 Å². The summed E-state index contributed by atoms with van der Waals surface area (Å²) in [6.45, 7) is 0.614. The summed E-state index contributed by atoms with van der Waals surface area (Å²) >= 11 is 8.44. The van der Waals surface area contributed by atoms with E-state index in [9.17, 15) is 10.1 Å².